The normalized spacial score (nSPS) is 29.5. The fourth-order valence-corrected chi connectivity index (χ4v) is 3.51. The van der Waals surface area contributed by atoms with Gasteiger partial charge in [0, 0.05) is 0 Å². The Labute approximate surface area is 144 Å². The van der Waals surface area contributed by atoms with Gasteiger partial charge < -0.3 is 9.47 Å². The average Bonchev–Trinajstić information content (AvgIpc) is 3.02. The standard InChI is InChI=1S/C15H22F2O7S/c1-14(2,3)13(19)24-11-6-8-4-9(11)5-10(8)12(18)23-7-15(16,17)25(20,21)22/h8-11H,4-7H2,1-3H3,(H,20,21,22). The molecule has 0 aliphatic heterocycles. The van der Waals surface area contributed by atoms with E-state index in [-0.39, 0.29) is 23.9 Å². The van der Waals surface area contributed by atoms with E-state index >= 15 is 0 Å². The van der Waals surface area contributed by atoms with E-state index < -0.39 is 39.3 Å². The van der Waals surface area contributed by atoms with Crippen LogP contribution in [-0.2, 0) is 29.2 Å². The van der Waals surface area contributed by atoms with Gasteiger partial charge in [-0.1, -0.05) is 0 Å². The molecule has 2 saturated carbocycles. The zero-order valence-corrected chi connectivity index (χ0v) is 15.0. The summed E-state index contributed by atoms with van der Waals surface area (Å²) in [6, 6.07) is 0. The molecule has 0 aromatic heterocycles. The predicted molar refractivity (Wildman–Crippen MR) is 81.1 cm³/mol. The molecule has 0 heterocycles. The Morgan fingerprint density at radius 2 is 1.72 bits per heavy atom. The van der Waals surface area contributed by atoms with Crippen molar-refractivity contribution in [2.24, 2.45) is 23.2 Å². The number of carbonyl (C=O) groups is 2. The first-order chi connectivity index (χ1) is 11.2. The van der Waals surface area contributed by atoms with Crippen LogP contribution >= 0.6 is 0 Å². The minimum absolute atomic E-state index is 0.0454. The van der Waals surface area contributed by atoms with Crippen LogP contribution in [0.5, 0.6) is 0 Å². The maximum Gasteiger partial charge on any atom is 0.402 e. The topological polar surface area (TPSA) is 107 Å². The Kier molecular flexibility index (Phi) is 5.17. The molecule has 10 heteroatoms. The van der Waals surface area contributed by atoms with Crippen LogP contribution in [0.25, 0.3) is 0 Å². The molecule has 4 atom stereocenters. The molecule has 4 unspecified atom stereocenters. The lowest BCUT2D eigenvalue weighted by Gasteiger charge is -2.29. The van der Waals surface area contributed by atoms with Crippen LogP contribution < -0.4 is 0 Å². The first kappa shape index (κ1) is 20.0. The van der Waals surface area contributed by atoms with Gasteiger partial charge in [-0.25, -0.2) is 0 Å². The largest absolute Gasteiger partial charge is 0.462 e. The number of hydrogen-bond acceptors (Lipinski definition) is 6. The lowest BCUT2D eigenvalue weighted by Crippen LogP contribution is -2.38. The molecule has 25 heavy (non-hydrogen) atoms. The lowest BCUT2D eigenvalue weighted by molar-refractivity contribution is -0.164. The van der Waals surface area contributed by atoms with Gasteiger partial charge in [-0.15, -0.1) is 0 Å². The molecule has 2 fully saturated rings. The van der Waals surface area contributed by atoms with E-state index in [4.69, 9.17) is 9.29 Å². The zero-order valence-electron chi connectivity index (χ0n) is 14.2. The Bertz CT molecular complexity index is 653. The summed E-state index contributed by atoms with van der Waals surface area (Å²) in [5.41, 5.74) is -0.637. The highest BCUT2D eigenvalue weighted by Gasteiger charge is 2.52. The van der Waals surface area contributed by atoms with Gasteiger partial charge in [0.1, 0.15) is 6.10 Å². The van der Waals surface area contributed by atoms with Crippen LogP contribution in [0.15, 0.2) is 0 Å². The summed E-state index contributed by atoms with van der Waals surface area (Å²) in [6.07, 6.45) is 1.10. The molecule has 1 N–H and O–H groups in total. The van der Waals surface area contributed by atoms with Gasteiger partial charge in [0.05, 0.1) is 11.3 Å². The van der Waals surface area contributed by atoms with Crippen molar-refractivity contribution in [3.8, 4) is 0 Å². The molecule has 0 aromatic rings. The van der Waals surface area contributed by atoms with E-state index in [0.29, 0.717) is 19.3 Å². The van der Waals surface area contributed by atoms with Crippen LogP contribution in [0.2, 0.25) is 0 Å². The van der Waals surface area contributed by atoms with Crippen molar-refractivity contribution >= 4 is 22.1 Å². The highest BCUT2D eigenvalue weighted by Crippen LogP contribution is 2.50. The monoisotopic (exact) mass is 384 g/mol. The van der Waals surface area contributed by atoms with E-state index in [1.165, 1.54) is 0 Å². The SMILES string of the molecule is CC(C)(C)C(=O)OC1CC2CC1CC2C(=O)OCC(F)(F)S(=O)(=O)O. The summed E-state index contributed by atoms with van der Waals surface area (Å²) < 4.78 is 65.5. The molecule has 0 saturated heterocycles. The number of fused-ring (bicyclic) bond motifs is 2. The van der Waals surface area contributed by atoms with Crippen LogP contribution in [0, 0.1) is 23.2 Å². The van der Waals surface area contributed by atoms with Crippen LogP contribution in [0.3, 0.4) is 0 Å². The molecular formula is C15H22F2O7S. The Morgan fingerprint density at radius 3 is 2.16 bits per heavy atom. The molecule has 2 aliphatic rings. The number of hydrogen-bond donors (Lipinski definition) is 1. The lowest BCUT2D eigenvalue weighted by atomic mass is 9.87. The summed E-state index contributed by atoms with van der Waals surface area (Å²) in [6.45, 7) is 3.48. The average molecular weight is 384 g/mol. The third-order valence-corrected chi connectivity index (χ3v) is 5.60. The van der Waals surface area contributed by atoms with Gasteiger partial charge in [0.15, 0.2) is 6.61 Å². The Morgan fingerprint density at radius 1 is 1.12 bits per heavy atom. The van der Waals surface area contributed by atoms with Gasteiger partial charge in [0.25, 0.3) is 0 Å². The van der Waals surface area contributed by atoms with Crippen LogP contribution in [0.4, 0.5) is 8.78 Å². The fraction of sp³-hybridized carbons (Fsp3) is 0.867. The second-order valence-electron chi connectivity index (χ2n) is 7.75. The van der Waals surface area contributed by atoms with Crippen LogP contribution in [0.1, 0.15) is 40.0 Å². The van der Waals surface area contributed by atoms with Gasteiger partial charge in [-0.2, -0.15) is 17.2 Å². The first-order valence-electron chi connectivity index (χ1n) is 7.95. The molecule has 2 aliphatic carbocycles. The third-order valence-electron chi connectivity index (χ3n) is 4.73. The smallest absolute Gasteiger partial charge is 0.402 e. The van der Waals surface area contributed by atoms with Gasteiger partial charge >= 0.3 is 27.3 Å². The maximum absolute atomic E-state index is 13.1. The number of halogens is 2. The van der Waals surface area contributed by atoms with Crippen molar-refractivity contribution in [1.82, 2.24) is 0 Å². The highest BCUT2D eigenvalue weighted by molar-refractivity contribution is 7.86. The van der Waals surface area contributed by atoms with Crippen molar-refractivity contribution < 1.29 is 40.8 Å². The summed E-state index contributed by atoms with van der Waals surface area (Å²) >= 11 is 0. The molecule has 0 aromatic carbocycles. The fourth-order valence-electron chi connectivity index (χ4n) is 3.31. The van der Waals surface area contributed by atoms with E-state index in [9.17, 15) is 26.8 Å². The summed E-state index contributed by atoms with van der Waals surface area (Å²) in [5, 5.41) is -4.54. The molecular weight excluding hydrogens is 362 g/mol. The second kappa shape index (κ2) is 6.46. The van der Waals surface area contributed by atoms with Crippen molar-refractivity contribution in [3.05, 3.63) is 0 Å². The van der Waals surface area contributed by atoms with Gasteiger partial charge in [0.2, 0.25) is 0 Å². The van der Waals surface area contributed by atoms with Crippen molar-refractivity contribution in [2.45, 2.75) is 51.4 Å². The molecule has 0 radical (unpaired) electrons. The number of ether oxygens (including phenoxy) is 2. The summed E-state index contributed by atoms with van der Waals surface area (Å²) in [4.78, 5) is 23.9. The summed E-state index contributed by atoms with van der Waals surface area (Å²) in [7, 11) is -5.64. The van der Waals surface area contributed by atoms with Crippen molar-refractivity contribution in [3.63, 3.8) is 0 Å². The predicted octanol–water partition coefficient (Wildman–Crippen LogP) is 2.01. The second-order valence-corrected chi connectivity index (χ2v) is 9.30. The Hall–Kier alpha value is -1.29. The first-order valence-corrected chi connectivity index (χ1v) is 9.39. The minimum atomic E-state index is -5.64. The minimum Gasteiger partial charge on any atom is -0.462 e. The number of alkyl halides is 2. The van der Waals surface area contributed by atoms with Crippen molar-refractivity contribution in [1.29, 1.82) is 0 Å². The third kappa shape index (κ3) is 4.28. The molecule has 0 amide bonds. The van der Waals surface area contributed by atoms with E-state index in [1.807, 2.05) is 0 Å². The highest BCUT2D eigenvalue weighted by atomic mass is 32.2. The van der Waals surface area contributed by atoms with E-state index in [0.717, 1.165) is 0 Å². The van der Waals surface area contributed by atoms with Crippen LogP contribution in [-0.4, -0.2) is 42.9 Å². The molecule has 144 valence electrons. The molecule has 2 rings (SSSR count). The van der Waals surface area contributed by atoms with E-state index in [2.05, 4.69) is 4.74 Å². The molecule has 0 spiro atoms. The number of rotatable bonds is 5. The maximum atomic E-state index is 13.1. The quantitative estimate of drug-likeness (QED) is 0.571. The van der Waals surface area contributed by atoms with Gasteiger partial charge in [-0.3, -0.25) is 14.1 Å². The zero-order chi connectivity index (χ0) is 19.2. The number of esters is 2. The Balaban J connectivity index is 1.88. The van der Waals surface area contributed by atoms with Gasteiger partial charge in [-0.05, 0) is 51.9 Å². The molecule has 2 bridgehead atoms. The molecule has 7 nitrogen and oxygen atoms in total. The van der Waals surface area contributed by atoms with E-state index in [1.54, 1.807) is 20.8 Å². The summed E-state index contributed by atoms with van der Waals surface area (Å²) in [5.74, 6) is -2.09. The number of carbonyl (C=O) groups excluding carboxylic acids is 2. The van der Waals surface area contributed by atoms with Crippen molar-refractivity contribution in [2.75, 3.05) is 6.61 Å².